The Labute approximate surface area is 118 Å². The summed E-state index contributed by atoms with van der Waals surface area (Å²) in [6.07, 6.45) is 3.02. The van der Waals surface area contributed by atoms with Crippen LogP contribution < -0.4 is 5.32 Å². The van der Waals surface area contributed by atoms with E-state index in [-0.39, 0.29) is 5.75 Å². The fraction of sp³-hybridized carbons (Fsp3) is 0.538. The molecule has 1 rings (SSSR count). The Balaban J connectivity index is 2.76. The Morgan fingerprint density at radius 2 is 1.95 bits per heavy atom. The van der Waals surface area contributed by atoms with Crippen LogP contribution in [-0.2, 0) is 20.6 Å². The highest BCUT2D eigenvalue weighted by molar-refractivity contribution is 7.91. The van der Waals surface area contributed by atoms with Crippen molar-refractivity contribution in [3.05, 3.63) is 24.3 Å². The van der Waals surface area contributed by atoms with E-state index in [0.717, 1.165) is 6.42 Å². The summed E-state index contributed by atoms with van der Waals surface area (Å²) in [7, 11) is -4.02. The molecule has 0 heterocycles. The third kappa shape index (κ3) is 5.32. The van der Waals surface area contributed by atoms with Gasteiger partial charge >= 0.3 is 0 Å². The topological polar surface area (TPSA) is 63.2 Å². The van der Waals surface area contributed by atoms with Gasteiger partial charge in [-0.05, 0) is 25.0 Å². The van der Waals surface area contributed by atoms with Crippen LogP contribution in [0.25, 0.3) is 0 Å². The number of hydrogen-bond acceptors (Lipinski definition) is 4. The van der Waals surface area contributed by atoms with Gasteiger partial charge in [-0.15, -0.1) is 0 Å². The molecule has 0 amide bonds. The minimum atomic E-state index is -3.22. The number of nitrogens with one attached hydrogen (secondary N) is 1. The molecule has 108 valence electrons. The molecule has 1 N–H and O–H groups in total. The lowest BCUT2D eigenvalue weighted by Crippen LogP contribution is -2.12. The van der Waals surface area contributed by atoms with Crippen LogP contribution in [0.5, 0.6) is 0 Å². The van der Waals surface area contributed by atoms with E-state index in [2.05, 4.69) is 5.32 Å². The van der Waals surface area contributed by atoms with Crippen LogP contribution in [0.1, 0.15) is 19.8 Å². The highest BCUT2D eigenvalue weighted by Crippen LogP contribution is 2.22. The average Bonchev–Trinajstić information content (AvgIpc) is 2.35. The number of benzene rings is 1. The molecule has 1 aromatic carbocycles. The van der Waals surface area contributed by atoms with E-state index in [1.54, 1.807) is 24.5 Å². The van der Waals surface area contributed by atoms with Crippen LogP contribution >= 0.6 is 0 Å². The summed E-state index contributed by atoms with van der Waals surface area (Å²) in [6, 6.07) is 6.94. The lowest BCUT2D eigenvalue weighted by Gasteiger charge is -2.11. The summed E-state index contributed by atoms with van der Waals surface area (Å²) in [5, 5.41) is 3.12. The Morgan fingerprint density at radius 3 is 2.58 bits per heavy atom. The van der Waals surface area contributed by atoms with Crippen molar-refractivity contribution < 1.29 is 12.6 Å². The summed E-state index contributed by atoms with van der Waals surface area (Å²) in [4.78, 5) is 0.356. The van der Waals surface area contributed by atoms with E-state index in [0.29, 0.717) is 29.3 Å². The van der Waals surface area contributed by atoms with Crippen LogP contribution in [0.2, 0.25) is 0 Å². The summed E-state index contributed by atoms with van der Waals surface area (Å²) in [5.74, 6) is 0.779. The van der Waals surface area contributed by atoms with E-state index in [1.165, 1.54) is 0 Å². The van der Waals surface area contributed by atoms with Crippen LogP contribution in [0.3, 0.4) is 0 Å². The molecule has 1 atom stereocenters. The van der Waals surface area contributed by atoms with Gasteiger partial charge in [-0.2, -0.15) is 0 Å². The van der Waals surface area contributed by atoms with Gasteiger partial charge in [-0.1, -0.05) is 19.1 Å². The molecule has 0 radical (unpaired) electrons. The van der Waals surface area contributed by atoms with Gasteiger partial charge in [0.25, 0.3) is 0 Å². The predicted octanol–water partition coefficient (Wildman–Crippen LogP) is 2.05. The molecule has 19 heavy (non-hydrogen) atoms. The van der Waals surface area contributed by atoms with Gasteiger partial charge in [0, 0.05) is 29.4 Å². The Bertz CT molecular complexity index is 526. The molecule has 0 saturated carbocycles. The SMILES string of the molecule is CCCS(=O)(=O)c1ccccc1NCCCS(C)=O. The first-order chi connectivity index (χ1) is 8.97. The van der Waals surface area contributed by atoms with Crippen LogP contribution in [0.15, 0.2) is 29.2 Å². The van der Waals surface area contributed by atoms with Gasteiger partial charge in [-0.3, -0.25) is 4.21 Å². The summed E-state index contributed by atoms with van der Waals surface area (Å²) >= 11 is 0. The van der Waals surface area contributed by atoms with Crippen molar-refractivity contribution in [2.24, 2.45) is 0 Å². The minimum absolute atomic E-state index is 0.157. The molecular formula is C13H21NO3S2. The molecule has 1 aromatic rings. The van der Waals surface area contributed by atoms with E-state index >= 15 is 0 Å². The second-order valence-electron chi connectivity index (χ2n) is 4.37. The first kappa shape index (κ1) is 16.2. The zero-order valence-corrected chi connectivity index (χ0v) is 13.0. The molecule has 0 aliphatic heterocycles. The largest absolute Gasteiger partial charge is 0.384 e. The standard InChI is InChI=1S/C13H21NO3S2/c1-3-11-19(16,17)13-8-5-4-7-12(13)14-9-6-10-18(2)15/h4-5,7-8,14H,3,6,9-11H2,1-2H3. The highest BCUT2D eigenvalue weighted by Gasteiger charge is 2.16. The molecule has 0 aliphatic carbocycles. The summed E-state index contributed by atoms with van der Waals surface area (Å²) in [5.41, 5.74) is 0.637. The number of sulfone groups is 1. The van der Waals surface area contributed by atoms with E-state index in [4.69, 9.17) is 0 Å². The van der Waals surface area contributed by atoms with Crippen molar-refractivity contribution in [2.45, 2.75) is 24.7 Å². The van der Waals surface area contributed by atoms with Crippen molar-refractivity contribution in [3.8, 4) is 0 Å². The fourth-order valence-corrected chi connectivity index (χ4v) is 3.83. The predicted molar refractivity (Wildman–Crippen MR) is 80.8 cm³/mol. The summed E-state index contributed by atoms with van der Waals surface area (Å²) in [6.45, 7) is 2.47. The zero-order valence-electron chi connectivity index (χ0n) is 11.4. The molecule has 0 saturated heterocycles. The van der Waals surface area contributed by atoms with Gasteiger partial charge in [-0.25, -0.2) is 8.42 Å². The highest BCUT2D eigenvalue weighted by atomic mass is 32.2. The molecule has 0 aromatic heterocycles. The lowest BCUT2D eigenvalue weighted by molar-refractivity contribution is 0.595. The molecular weight excluding hydrogens is 282 g/mol. The van der Waals surface area contributed by atoms with Crippen molar-refractivity contribution in [1.82, 2.24) is 0 Å². The van der Waals surface area contributed by atoms with Crippen LogP contribution in [-0.4, -0.2) is 36.9 Å². The van der Waals surface area contributed by atoms with Crippen LogP contribution in [0, 0.1) is 0 Å². The number of hydrogen-bond donors (Lipinski definition) is 1. The van der Waals surface area contributed by atoms with Crippen molar-refractivity contribution in [2.75, 3.05) is 29.6 Å². The van der Waals surface area contributed by atoms with Crippen molar-refractivity contribution in [1.29, 1.82) is 0 Å². The Kier molecular flexibility index (Phi) is 6.51. The van der Waals surface area contributed by atoms with E-state index < -0.39 is 20.6 Å². The summed E-state index contributed by atoms with van der Waals surface area (Å²) < 4.78 is 35.2. The molecule has 6 heteroatoms. The average molecular weight is 303 g/mol. The van der Waals surface area contributed by atoms with Crippen molar-refractivity contribution >= 4 is 26.3 Å². The lowest BCUT2D eigenvalue weighted by atomic mass is 10.3. The smallest absolute Gasteiger partial charge is 0.180 e. The van der Waals surface area contributed by atoms with Crippen molar-refractivity contribution in [3.63, 3.8) is 0 Å². The van der Waals surface area contributed by atoms with Gasteiger partial charge in [0.15, 0.2) is 9.84 Å². The third-order valence-electron chi connectivity index (χ3n) is 2.62. The second-order valence-corrected chi connectivity index (χ2v) is 8.00. The Hall–Kier alpha value is -0.880. The molecule has 0 spiro atoms. The molecule has 1 unspecified atom stereocenters. The first-order valence-electron chi connectivity index (χ1n) is 6.33. The maximum absolute atomic E-state index is 12.1. The van der Waals surface area contributed by atoms with E-state index in [9.17, 15) is 12.6 Å². The zero-order chi connectivity index (χ0) is 14.3. The van der Waals surface area contributed by atoms with Gasteiger partial charge in [0.2, 0.25) is 0 Å². The third-order valence-corrected chi connectivity index (χ3v) is 5.45. The van der Waals surface area contributed by atoms with Gasteiger partial charge < -0.3 is 5.32 Å². The second kappa shape index (κ2) is 7.65. The maximum Gasteiger partial charge on any atom is 0.180 e. The number of rotatable bonds is 8. The molecule has 0 aliphatic rings. The molecule has 0 fully saturated rings. The Morgan fingerprint density at radius 1 is 1.26 bits per heavy atom. The first-order valence-corrected chi connectivity index (χ1v) is 9.71. The number of anilines is 1. The number of para-hydroxylation sites is 1. The quantitative estimate of drug-likeness (QED) is 0.747. The van der Waals surface area contributed by atoms with Gasteiger partial charge in [0.05, 0.1) is 16.3 Å². The molecule has 0 bridgehead atoms. The van der Waals surface area contributed by atoms with Crippen LogP contribution in [0.4, 0.5) is 5.69 Å². The minimum Gasteiger partial charge on any atom is -0.384 e. The maximum atomic E-state index is 12.1. The fourth-order valence-electron chi connectivity index (χ4n) is 1.76. The molecule has 4 nitrogen and oxygen atoms in total. The monoisotopic (exact) mass is 303 g/mol. The normalized spacial score (nSPS) is 13.2. The van der Waals surface area contributed by atoms with Gasteiger partial charge in [0.1, 0.15) is 0 Å². The van der Waals surface area contributed by atoms with E-state index in [1.807, 2.05) is 13.0 Å².